The van der Waals surface area contributed by atoms with E-state index in [1.165, 1.54) is 238 Å². The molecule has 0 spiro atoms. The second-order valence-corrected chi connectivity index (χ2v) is 23.8. The van der Waals surface area contributed by atoms with Gasteiger partial charge in [-0.25, -0.2) is 0 Å². The van der Waals surface area contributed by atoms with Gasteiger partial charge < -0.3 is 14.2 Å². The molecule has 0 aromatic heterocycles. The fourth-order valence-electron chi connectivity index (χ4n) is 10.3. The van der Waals surface area contributed by atoms with Crippen LogP contribution in [0.4, 0.5) is 0 Å². The summed E-state index contributed by atoms with van der Waals surface area (Å²) in [6.07, 6.45) is 90.6. The number of hydrogen-bond donors (Lipinski definition) is 0. The van der Waals surface area contributed by atoms with E-state index in [0.29, 0.717) is 19.3 Å². The van der Waals surface area contributed by atoms with Crippen molar-refractivity contribution in [3.05, 3.63) is 72.9 Å². The van der Waals surface area contributed by atoms with Crippen LogP contribution in [0, 0.1) is 0 Å². The van der Waals surface area contributed by atoms with Crippen molar-refractivity contribution in [1.29, 1.82) is 0 Å². The number of carbonyl (C=O) groups is 3. The third-order valence-electron chi connectivity index (χ3n) is 15.7. The van der Waals surface area contributed by atoms with E-state index >= 15 is 0 Å². The summed E-state index contributed by atoms with van der Waals surface area (Å²) >= 11 is 0. The average Bonchev–Trinajstić information content (AvgIpc) is 3.47. The Morgan fingerprint density at radius 2 is 0.444 bits per heavy atom. The fourth-order valence-corrected chi connectivity index (χ4v) is 10.3. The quantitative estimate of drug-likeness (QED) is 0.0261. The van der Waals surface area contributed by atoms with E-state index in [0.717, 1.165) is 89.9 Å². The first kappa shape index (κ1) is 77.9. The van der Waals surface area contributed by atoms with E-state index in [2.05, 4.69) is 93.7 Å². The normalized spacial score (nSPS) is 12.5. The molecule has 0 rings (SSSR count). The molecule has 0 N–H and O–H groups in total. The Bertz CT molecular complexity index is 1490. The van der Waals surface area contributed by atoms with Gasteiger partial charge in [-0.1, -0.05) is 306 Å². The standard InChI is InChI=1S/C75H134O6/c1-4-7-10-13-16-19-22-25-28-30-32-34-36-37-39-40-42-44-47-50-53-56-59-62-65-68-74(77)80-71-72(70-79-73(76)67-64-61-58-55-52-49-46-27-24-21-18-15-12-9-6-3)81-75(78)69-66-63-60-57-54-51-48-45-43-41-38-35-33-31-29-26-23-20-17-14-11-8-5-2/h18,21-23,25-27,30-33,46,72H,4-17,19-20,24,28-29,34-45,47-71H2,1-3H3/b21-18-,25-22-,26-23-,32-30-,33-31-,46-27-. The van der Waals surface area contributed by atoms with Crippen LogP contribution in [-0.4, -0.2) is 37.2 Å². The van der Waals surface area contributed by atoms with Gasteiger partial charge in [-0.15, -0.1) is 0 Å². The zero-order chi connectivity index (χ0) is 58.5. The maximum atomic E-state index is 13.0. The van der Waals surface area contributed by atoms with Crippen LogP contribution in [0.25, 0.3) is 0 Å². The number of carbonyl (C=O) groups excluding carboxylic acids is 3. The highest BCUT2D eigenvalue weighted by atomic mass is 16.6. The largest absolute Gasteiger partial charge is 0.462 e. The molecular formula is C75H134O6. The second-order valence-electron chi connectivity index (χ2n) is 23.8. The van der Waals surface area contributed by atoms with E-state index in [1.54, 1.807) is 0 Å². The molecule has 81 heavy (non-hydrogen) atoms. The van der Waals surface area contributed by atoms with Gasteiger partial charge in [0, 0.05) is 19.3 Å². The van der Waals surface area contributed by atoms with Gasteiger partial charge in [-0.05, 0) is 116 Å². The van der Waals surface area contributed by atoms with Crippen LogP contribution >= 0.6 is 0 Å². The van der Waals surface area contributed by atoms with Crippen molar-refractivity contribution in [3.8, 4) is 0 Å². The van der Waals surface area contributed by atoms with Gasteiger partial charge in [0.05, 0.1) is 0 Å². The lowest BCUT2D eigenvalue weighted by Gasteiger charge is -2.18. The molecular weight excluding hydrogens is 997 g/mol. The van der Waals surface area contributed by atoms with Gasteiger partial charge in [0.15, 0.2) is 6.10 Å². The topological polar surface area (TPSA) is 78.9 Å². The predicted octanol–water partition coefficient (Wildman–Crippen LogP) is 24.4. The minimum atomic E-state index is -0.784. The minimum Gasteiger partial charge on any atom is -0.462 e. The predicted molar refractivity (Wildman–Crippen MR) is 353 cm³/mol. The van der Waals surface area contributed by atoms with Gasteiger partial charge in [0.1, 0.15) is 13.2 Å². The van der Waals surface area contributed by atoms with Crippen molar-refractivity contribution >= 4 is 17.9 Å². The average molecular weight is 1130 g/mol. The van der Waals surface area contributed by atoms with Crippen LogP contribution in [-0.2, 0) is 28.6 Å². The molecule has 0 amide bonds. The Kier molecular flexibility index (Phi) is 66.6. The van der Waals surface area contributed by atoms with E-state index in [9.17, 15) is 14.4 Å². The molecule has 0 fully saturated rings. The summed E-state index contributed by atoms with van der Waals surface area (Å²) in [7, 11) is 0. The Morgan fingerprint density at radius 3 is 0.704 bits per heavy atom. The summed E-state index contributed by atoms with van der Waals surface area (Å²) in [4.78, 5) is 38.5. The summed E-state index contributed by atoms with van der Waals surface area (Å²) in [6.45, 7) is 6.63. The summed E-state index contributed by atoms with van der Waals surface area (Å²) in [6, 6.07) is 0. The number of ether oxygens (including phenoxy) is 3. The van der Waals surface area contributed by atoms with Crippen molar-refractivity contribution in [2.75, 3.05) is 13.2 Å². The molecule has 0 aliphatic heterocycles. The molecule has 470 valence electrons. The first-order valence-corrected chi connectivity index (χ1v) is 35.4. The maximum Gasteiger partial charge on any atom is 0.306 e. The van der Waals surface area contributed by atoms with Crippen LogP contribution in [0.5, 0.6) is 0 Å². The van der Waals surface area contributed by atoms with Crippen LogP contribution in [0.1, 0.15) is 367 Å². The maximum absolute atomic E-state index is 13.0. The van der Waals surface area contributed by atoms with Crippen LogP contribution in [0.3, 0.4) is 0 Å². The summed E-state index contributed by atoms with van der Waals surface area (Å²) in [5.41, 5.74) is 0. The molecule has 0 aliphatic rings. The molecule has 1 unspecified atom stereocenters. The summed E-state index contributed by atoms with van der Waals surface area (Å²) in [5.74, 6) is -0.876. The highest BCUT2D eigenvalue weighted by molar-refractivity contribution is 5.71. The Labute approximate surface area is 503 Å². The molecule has 6 heteroatoms. The second kappa shape index (κ2) is 69.3. The van der Waals surface area contributed by atoms with Gasteiger partial charge in [-0.2, -0.15) is 0 Å². The van der Waals surface area contributed by atoms with E-state index in [1.807, 2.05) is 0 Å². The van der Waals surface area contributed by atoms with Crippen molar-refractivity contribution in [1.82, 2.24) is 0 Å². The number of rotatable bonds is 65. The zero-order valence-electron chi connectivity index (χ0n) is 54.1. The van der Waals surface area contributed by atoms with Gasteiger partial charge in [0.25, 0.3) is 0 Å². The van der Waals surface area contributed by atoms with E-state index in [-0.39, 0.29) is 31.1 Å². The monoisotopic (exact) mass is 1130 g/mol. The van der Waals surface area contributed by atoms with Crippen molar-refractivity contribution < 1.29 is 28.6 Å². The lowest BCUT2D eigenvalue weighted by Crippen LogP contribution is -2.30. The zero-order valence-corrected chi connectivity index (χ0v) is 54.1. The SMILES string of the molecule is CCCCC/C=C\C/C=C\CCCCCCCC(=O)OCC(COC(=O)CCCCCCCCCCCCCCC/C=C\C/C=C\CCCCCCC)OC(=O)CCCCCCCCCCCCC/C=C\C/C=C\CCCCCCC. The van der Waals surface area contributed by atoms with Crippen LogP contribution < -0.4 is 0 Å². The lowest BCUT2D eigenvalue weighted by molar-refractivity contribution is -0.167. The van der Waals surface area contributed by atoms with Gasteiger partial charge >= 0.3 is 17.9 Å². The smallest absolute Gasteiger partial charge is 0.306 e. The third kappa shape index (κ3) is 67.5. The Morgan fingerprint density at radius 1 is 0.247 bits per heavy atom. The molecule has 0 aromatic carbocycles. The van der Waals surface area contributed by atoms with Crippen molar-refractivity contribution in [2.24, 2.45) is 0 Å². The highest BCUT2D eigenvalue weighted by Gasteiger charge is 2.19. The number of unbranched alkanes of at least 4 members (excludes halogenated alkanes) is 42. The summed E-state index contributed by atoms with van der Waals surface area (Å²) in [5, 5.41) is 0. The van der Waals surface area contributed by atoms with Crippen molar-refractivity contribution in [2.45, 2.75) is 374 Å². The molecule has 1 atom stereocenters. The van der Waals surface area contributed by atoms with Gasteiger partial charge in [-0.3, -0.25) is 14.4 Å². The first-order chi connectivity index (χ1) is 40.0. The lowest BCUT2D eigenvalue weighted by atomic mass is 10.0. The molecule has 0 aliphatic carbocycles. The number of esters is 3. The number of hydrogen-bond acceptors (Lipinski definition) is 6. The first-order valence-electron chi connectivity index (χ1n) is 35.4. The van der Waals surface area contributed by atoms with Crippen LogP contribution in [0.2, 0.25) is 0 Å². The number of allylic oxidation sites excluding steroid dienone is 12. The molecule has 0 bridgehead atoms. The third-order valence-corrected chi connectivity index (χ3v) is 15.7. The van der Waals surface area contributed by atoms with Crippen LogP contribution in [0.15, 0.2) is 72.9 Å². The fraction of sp³-hybridized carbons (Fsp3) is 0.800. The summed E-state index contributed by atoms with van der Waals surface area (Å²) < 4.78 is 17.0. The van der Waals surface area contributed by atoms with Crippen molar-refractivity contribution in [3.63, 3.8) is 0 Å². The molecule has 6 nitrogen and oxygen atoms in total. The molecule has 0 saturated carbocycles. The molecule has 0 radical (unpaired) electrons. The molecule has 0 aromatic rings. The van der Waals surface area contributed by atoms with E-state index in [4.69, 9.17) is 14.2 Å². The molecule has 0 heterocycles. The Hall–Kier alpha value is -3.15. The highest BCUT2D eigenvalue weighted by Crippen LogP contribution is 2.17. The van der Waals surface area contributed by atoms with E-state index < -0.39 is 6.10 Å². The Balaban J connectivity index is 4.31. The van der Waals surface area contributed by atoms with Gasteiger partial charge in [0.2, 0.25) is 0 Å². The minimum absolute atomic E-state index is 0.0788. The molecule has 0 saturated heterocycles.